The molecule has 1 N–H and O–H groups in total. The highest BCUT2D eigenvalue weighted by Gasteiger charge is 2.27. The topological polar surface area (TPSA) is 81.1 Å². The van der Waals surface area contributed by atoms with Crippen molar-refractivity contribution in [3.8, 4) is 0 Å². The summed E-state index contributed by atoms with van der Waals surface area (Å²) in [5.74, 6) is 0.462. The third kappa shape index (κ3) is 3.09. The number of aromatic nitrogens is 2. The number of aryl methyl sites for hydroxylation is 1. The summed E-state index contributed by atoms with van der Waals surface area (Å²) >= 11 is 0. The second kappa shape index (κ2) is 5.50. The van der Waals surface area contributed by atoms with E-state index in [0.29, 0.717) is 25.2 Å². The predicted molar refractivity (Wildman–Crippen MR) is 70.5 cm³/mol. The number of nitrogens with one attached hydrogen (secondary N) is 1. The van der Waals surface area contributed by atoms with Crippen molar-refractivity contribution in [2.45, 2.75) is 43.7 Å². The van der Waals surface area contributed by atoms with Crippen molar-refractivity contribution >= 4 is 25.6 Å². The summed E-state index contributed by atoms with van der Waals surface area (Å²) in [7, 11) is 1.43. The van der Waals surface area contributed by atoms with Gasteiger partial charge in [-0.25, -0.2) is 13.4 Å². The molecule has 0 bridgehead atoms. The fourth-order valence-corrected chi connectivity index (χ4v) is 2.92. The molecule has 0 aliphatic carbocycles. The minimum Gasteiger partial charge on any atom is -0.354 e. The van der Waals surface area contributed by atoms with Crippen molar-refractivity contribution in [3.63, 3.8) is 0 Å². The average molecular weight is 306 g/mol. The Labute approximate surface area is 116 Å². The van der Waals surface area contributed by atoms with Crippen LogP contribution in [-0.4, -0.2) is 30.4 Å². The van der Waals surface area contributed by atoms with Crippen LogP contribution in [0, 0.1) is 0 Å². The molecule has 1 saturated heterocycles. The van der Waals surface area contributed by atoms with Gasteiger partial charge in [0, 0.05) is 29.8 Å². The van der Waals surface area contributed by atoms with Gasteiger partial charge in [0.2, 0.25) is 5.91 Å². The lowest BCUT2D eigenvalue weighted by molar-refractivity contribution is -0.124. The van der Waals surface area contributed by atoms with E-state index in [1.807, 2.05) is 6.92 Å². The minimum atomic E-state index is -3.87. The van der Waals surface area contributed by atoms with Crippen LogP contribution in [0.25, 0.3) is 0 Å². The van der Waals surface area contributed by atoms with E-state index in [1.165, 1.54) is 6.20 Å². The highest BCUT2D eigenvalue weighted by molar-refractivity contribution is 8.13. The number of hydrogen-bond acceptors (Lipinski definition) is 4. The highest BCUT2D eigenvalue weighted by atomic mass is 35.7. The van der Waals surface area contributed by atoms with Gasteiger partial charge in [-0.2, -0.15) is 0 Å². The number of halogens is 1. The van der Waals surface area contributed by atoms with Crippen LogP contribution in [0.1, 0.15) is 38.1 Å². The maximum atomic E-state index is 12.0. The van der Waals surface area contributed by atoms with Crippen LogP contribution < -0.4 is 5.32 Å². The fourth-order valence-electron chi connectivity index (χ4n) is 2.24. The second-order valence-corrected chi connectivity index (χ2v) is 7.01. The molecule has 1 atom stereocenters. The van der Waals surface area contributed by atoms with Crippen LogP contribution in [0.15, 0.2) is 11.2 Å². The summed E-state index contributed by atoms with van der Waals surface area (Å²) in [4.78, 5) is 16.0. The molecule has 2 rings (SSSR count). The number of hydrogen-bond donors (Lipinski definition) is 1. The van der Waals surface area contributed by atoms with Crippen LogP contribution in [0.2, 0.25) is 0 Å². The lowest BCUT2D eigenvalue weighted by atomic mass is 10.1. The molecule has 0 radical (unpaired) electrons. The van der Waals surface area contributed by atoms with Gasteiger partial charge in [0.1, 0.15) is 11.9 Å². The van der Waals surface area contributed by atoms with Gasteiger partial charge in [-0.15, -0.1) is 0 Å². The molecule has 0 saturated carbocycles. The van der Waals surface area contributed by atoms with Gasteiger partial charge in [0.25, 0.3) is 9.05 Å². The van der Waals surface area contributed by atoms with Gasteiger partial charge < -0.3 is 9.88 Å². The molecule has 0 aromatic carbocycles. The largest absolute Gasteiger partial charge is 0.354 e. The first kappa shape index (κ1) is 14.3. The van der Waals surface area contributed by atoms with Crippen molar-refractivity contribution in [1.82, 2.24) is 14.9 Å². The summed E-state index contributed by atoms with van der Waals surface area (Å²) in [6, 6.07) is -0.405. The molecule has 19 heavy (non-hydrogen) atoms. The summed E-state index contributed by atoms with van der Waals surface area (Å²) < 4.78 is 24.3. The second-order valence-electron chi connectivity index (χ2n) is 4.50. The summed E-state index contributed by atoms with van der Waals surface area (Å²) in [6.07, 6.45) is 4.41. The number of carbonyl (C=O) groups excluding carboxylic acids is 1. The van der Waals surface area contributed by atoms with Crippen LogP contribution in [-0.2, 0) is 20.3 Å². The SMILES string of the molecule is CCc1nc(S(=O)(=O)Cl)cn1C1CCCCNC1=O. The zero-order valence-electron chi connectivity index (χ0n) is 10.6. The van der Waals surface area contributed by atoms with Crippen molar-refractivity contribution in [2.75, 3.05) is 6.54 Å². The quantitative estimate of drug-likeness (QED) is 0.851. The number of amides is 1. The van der Waals surface area contributed by atoms with Crippen molar-refractivity contribution in [1.29, 1.82) is 0 Å². The van der Waals surface area contributed by atoms with E-state index in [4.69, 9.17) is 10.7 Å². The average Bonchev–Trinajstić information content (AvgIpc) is 2.66. The molecule has 6 nitrogen and oxygen atoms in total. The standard InChI is InChI=1S/C11H16ClN3O3S/c1-2-9-14-10(19(12,17)18)7-15(9)8-5-3-4-6-13-11(8)16/h7-8H,2-6H2,1H3,(H,13,16). The number of nitrogens with zero attached hydrogens (tertiary/aromatic N) is 2. The molecule has 2 heterocycles. The molecule has 1 fully saturated rings. The van der Waals surface area contributed by atoms with E-state index in [2.05, 4.69) is 10.3 Å². The third-order valence-electron chi connectivity index (χ3n) is 3.19. The third-order valence-corrected chi connectivity index (χ3v) is 4.37. The predicted octanol–water partition coefficient (Wildman–Crippen LogP) is 1.21. The first-order valence-electron chi connectivity index (χ1n) is 6.23. The van der Waals surface area contributed by atoms with E-state index in [0.717, 1.165) is 12.8 Å². The smallest absolute Gasteiger partial charge is 0.280 e. The first-order valence-corrected chi connectivity index (χ1v) is 8.54. The molecule has 1 aromatic heterocycles. The molecule has 1 aromatic rings. The maximum Gasteiger partial charge on any atom is 0.280 e. The number of rotatable bonds is 3. The Morgan fingerprint density at radius 2 is 2.26 bits per heavy atom. The minimum absolute atomic E-state index is 0.0943. The summed E-state index contributed by atoms with van der Waals surface area (Å²) in [6.45, 7) is 2.52. The van der Waals surface area contributed by atoms with Crippen LogP contribution >= 0.6 is 10.7 Å². The van der Waals surface area contributed by atoms with Crippen LogP contribution in [0.4, 0.5) is 0 Å². The Morgan fingerprint density at radius 3 is 2.89 bits per heavy atom. The Bertz CT molecular complexity index is 582. The van der Waals surface area contributed by atoms with E-state index >= 15 is 0 Å². The van der Waals surface area contributed by atoms with E-state index in [-0.39, 0.29) is 10.9 Å². The fraction of sp³-hybridized carbons (Fsp3) is 0.636. The monoisotopic (exact) mass is 305 g/mol. The van der Waals surface area contributed by atoms with Gasteiger partial charge in [0.05, 0.1) is 0 Å². The lowest BCUT2D eigenvalue weighted by Crippen LogP contribution is -2.31. The molecule has 1 aliphatic heterocycles. The molecule has 106 valence electrons. The molecule has 1 aliphatic rings. The summed E-state index contributed by atoms with van der Waals surface area (Å²) in [5.41, 5.74) is 0. The molecule has 1 amide bonds. The summed E-state index contributed by atoms with van der Waals surface area (Å²) in [5, 5.41) is 2.63. The molecular formula is C11H16ClN3O3S. The van der Waals surface area contributed by atoms with Gasteiger partial charge >= 0.3 is 0 Å². The molecule has 8 heteroatoms. The lowest BCUT2D eigenvalue weighted by Gasteiger charge is -2.16. The maximum absolute atomic E-state index is 12.0. The van der Waals surface area contributed by atoms with Crippen molar-refractivity contribution < 1.29 is 13.2 Å². The van der Waals surface area contributed by atoms with Crippen molar-refractivity contribution in [2.24, 2.45) is 0 Å². The molecule has 1 unspecified atom stereocenters. The van der Waals surface area contributed by atoms with Crippen LogP contribution in [0.5, 0.6) is 0 Å². The molecule has 0 spiro atoms. The van der Waals surface area contributed by atoms with E-state index in [9.17, 15) is 13.2 Å². The first-order chi connectivity index (χ1) is 8.93. The van der Waals surface area contributed by atoms with Crippen LogP contribution in [0.3, 0.4) is 0 Å². The molecular weight excluding hydrogens is 290 g/mol. The van der Waals surface area contributed by atoms with E-state index < -0.39 is 15.1 Å². The van der Waals surface area contributed by atoms with Gasteiger partial charge in [-0.1, -0.05) is 6.92 Å². The van der Waals surface area contributed by atoms with Gasteiger partial charge in [-0.05, 0) is 19.3 Å². The zero-order chi connectivity index (χ0) is 14.0. The Balaban J connectivity index is 2.42. The Kier molecular flexibility index (Phi) is 4.15. The normalized spacial score (nSPS) is 20.9. The zero-order valence-corrected chi connectivity index (χ0v) is 12.2. The number of imidazole rings is 1. The Hall–Kier alpha value is -1.08. The van der Waals surface area contributed by atoms with E-state index in [1.54, 1.807) is 4.57 Å². The highest BCUT2D eigenvalue weighted by Crippen LogP contribution is 2.24. The number of carbonyl (C=O) groups is 1. The van der Waals surface area contributed by atoms with Gasteiger partial charge in [0.15, 0.2) is 5.03 Å². The van der Waals surface area contributed by atoms with Gasteiger partial charge in [-0.3, -0.25) is 4.79 Å². The van der Waals surface area contributed by atoms with Crippen molar-refractivity contribution in [3.05, 3.63) is 12.0 Å². The Morgan fingerprint density at radius 1 is 1.53 bits per heavy atom.